The summed E-state index contributed by atoms with van der Waals surface area (Å²) in [4.78, 5) is 31.1. The lowest BCUT2D eigenvalue weighted by atomic mass is 9.98. The van der Waals surface area contributed by atoms with E-state index >= 15 is 0 Å². The topological polar surface area (TPSA) is 203 Å². The van der Waals surface area contributed by atoms with Gasteiger partial charge in [-0.15, -0.1) is 0 Å². The number of hydrogen-bond donors (Lipinski definition) is 6. The highest BCUT2D eigenvalue weighted by Gasteiger charge is 2.11. The van der Waals surface area contributed by atoms with E-state index in [1.54, 1.807) is 12.3 Å². The molecule has 0 saturated heterocycles. The van der Waals surface area contributed by atoms with E-state index in [9.17, 15) is 14.4 Å². The lowest BCUT2D eigenvalue weighted by Crippen LogP contribution is -2.26. The lowest BCUT2D eigenvalue weighted by Gasteiger charge is -2.12. The van der Waals surface area contributed by atoms with Crippen LogP contribution in [0.15, 0.2) is 89.5 Å². The second kappa shape index (κ2) is 18.8. The zero-order chi connectivity index (χ0) is 31.6. The Hall–Kier alpha value is -4.51. The molecule has 0 fully saturated rings. The van der Waals surface area contributed by atoms with Gasteiger partial charge in [0.15, 0.2) is 0 Å². The van der Waals surface area contributed by atoms with Crippen molar-refractivity contribution >= 4 is 28.7 Å². The van der Waals surface area contributed by atoms with E-state index in [1.165, 1.54) is 0 Å². The van der Waals surface area contributed by atoms with Crippen molar-refractivity contribution < 1.29 is 34.1 Å². The highest BCUT2D eigenvalue weighted by molar-refractivity contribution is 5.85. The average molecular weight is 592 g/mol. The second-order valence-electron chi connectivity index (χ2n) is 10.1. The lowest BCUT2D eigenvalue weighted by molar-refractivity contribution is -0.138. The minimum atomic E-state index is -0.868. The molecule has 1 heterocycles. The molecule has 0 saturated carbocycles. The summed E-state index contributed by atoms with van der Waals surface area (Å²) in [7, 11) is 0. The molecule has 3 aromatic carbocycles. The first kappa shape index (κ1) is 34.7. The van der Waals surface area contributed by atoms with Crippen LogP contribution in [-0.4, -0.2) is 45.3 Å². The van der Waals surface area contributed by atoms with Gasteiger partial charge in [-0.05, 0) is 58.9 Å². The Morgan fingerprint density at radius 2 is 1.23 bits per heavy atom. The second-order valence-corrected chi connectivity index (χ2v) is 10.1. The van der Waals surface area contributed by atoms with Crippen molar-refractivity contribution in [2.24, 2.45) is 17.2 Å². The Labute approximate surface area is 251 Å². The van der Waals surface area contributed by atoms with Crippen molar-refractivity contribution in [1.29, 1.82) is 0 Å². The quantitative estimate of drug-likeness (QED) is 0.130. The van der Waals surface area contributed by atoms with Gasteiger partial charge in [-0.25, -0.2) is 0 Å². The van der Waals surface area contributed by atoms with E-state index in [4.69, 9.17) is 36.9 Å². The molecule has 0 aliphatic rings. The van der Waals surface area contributed by atoms with E-state index in [0.717, 1.165) is 33.2 Å². The molecule has 10 heteroatoms. The molecular formula is C33H41N3O7. The molecule has 0 amide bonds. The van der Waals surface area contributed by atoms with Gasteiger partial charge in [0.05, 0.1) is 19.1 Å². The number of fused-ring (bicyclic) bond motifs is 1. The Kier molecular flexibility index (Phi) is 15.2. The molecule has 9 N–H and O–H groups in total. The molecule has 4 rings (SSSR count). The van der Waals surface area contributed by atoms with Gasteiger partial charge in [-0.3, -0.25) is 14.4 Å². The van der Waals surface area contributed by atoms with Crippen LogP contribution < -0.4 is 17.2 Å². The number of nitrogens with two attached hydrogens (primary N) is 3. The first-order valence-corrected chi connectivity index (χ1v) is 14.0. The predicted molar refractivity (Wildman–Crippen MR) is 165 cm³/mol. The van der Waals surface area contributed by atoms with Crippen LogP contribution in [0, 0.1) is 0 Å². The molecule has 0 unspecified atom stereocenters. The van der Waals surface area contributed by atoms with Gasteiger partial charge in [0.1, 0.15) is 5.76 Å². The third-order valence-electron chi connectivity index (χ3n) is 6.45. The number of aryl methyl sites for hydroxylation is 1. The van der Waals surface area contributed by atoms with Crippen molar-refractivity contribution in [2.45, 2.75) is 63.6 Å². The van der Waals surface area contributed by atoms with E-state index in [0.29, 0.717) is 32.2 Å². The molecule has 1 aromatic heterocycles. The maximum Gasteiger partial charge on any atom is 0.304 e. The van der Waals surface area contributed by atoms with Gasteiger partial charge in [0.25, 0.3) is 0 Å². The predicted octanol–water partition coefficient (Wildman–Crippen LogP) is 4.36. The van der Waals surface area contributed by atoms with Crippen molar-refractivity contribution in [3.8, 4) is 0 Å². The maximum atomic E-state index is 10.6. The third kappa shape index (κ3) is 13.8. The molecule has 2 atom stereocenters. The summed E-state index contributed by atoms with van der Waals surface area (Å²) in [6.45, 7) is 0.454. The fraction of sp³-hybridized carbons (Fsp3) is 0.303. The molecule has 10 nitrogen and oxygen atoms in total. The molecule has 0 aliphatic carbocycles. The van der Waals surface area contributed by atoms with Crippen molar-refractivity contribution in [1.82, 2.24) is 0 Å². The molecule has 0 bridgehead atoms. The van der Waals surface area contributed by atoms with Gasteiger partial charge in [0.2, 0.25) is 0 Å². The number of carboxylic acid groups (broad SMARTS) is 3. The van der Waals surface area contributed by atoms with E-state index in [-0.39, 0.29) is 31.3 Å². The first-order valence-electron chi connectivity index (χ1n) is 14.0. The van der Waals surface area contributed by atoms with E-state index < -0.39 is 17.9 Å². The molecular weight excluding hydrogens is 550 g/mol. The summed E-state index contributed by atoms with van der Waals surface area (Å²) in [6, 6.07) is 24.7. The zero-order valence-electron chi connectivity index (χ0n) is 24.1. The smallest absolute Gasteiger partial charge is 0.304 e. The summed E-state index contributed by atoms with van der Waals surface area (Å²) in [5.41, 5.74) is 20.3. The number of benzene rings is 3. The van der Waals surface area contributed by atoms with Crippen LogP contribution in [0.25, 0.3) is 10.8 Å². The fourth-order valence-electron chi connectivity index (χ4n) is 4.45. The summed E-state index contributed by atoms with van der Waals surface area (Å²) in [5, 5.41) is 27.9. The molecule has 0 aliphatic heterocycles. The van der Waals surface area contributed by atoms with Crippen LogP contribution in [-0.2, 0) is 40.2 Å². The first-order chi connectivity index (χ1) is 20.6. The SMILES string of the molecule is NCc1ccccc1C[C@H](N)CC(=O)O.N[C@H](CC(=O)O)Cc1cccc2ccccc12.O=C(O)CCCc1ccco1. The monoisotopic (exact) mass is 591 g/mol. The van der Waals surface area contributed by atoms with Crippen LogP contribution in [0.5, 0.6) is 0 Å². The number of furan rings is 1. The highest BCUT2D eigenvalue weighted by Crippen LogP contribution is 2.20. The number of rotatable bonds is 13. The summed E-state index contributed by atoms with van der Waals surface area (Å²) in [5.74, 6) is -1.62. The van der Waals surface area contributed by atoms with Gasteiger partial charge < -0.3 is 36.9 Å². The van der Waals surface area contributed by atoms with Crippen molar-refractivity contribution in [3.05, 3.63) is 108 Å². The van der Waals surface area contributed by atoms with Gasteiger partial charge in [-0.1, -0.05) is 66.7 Å². The molecule has 43 heavy (non-hydrogen) atoms. The van der Waals surface area contributed by atoms with Crippen LogP contribution in [0.4, 0.5) is 0 Å². The molecule has 230 valence electrons. The Bertz CT molecular complexity index is 1420. The number of aliphatic carboxylic acids is 3. The van der Waals surface area contributed by atoms with Crippen LogP contribution >= 0.6 is 0 Å². The van der Waals surface area contributed by atoms with Gasteiger partial charge in [0, 0.05) is 31.5 Å². The molecule has 4 aromatic rings. The van der Waals surface area contributed by atoms with Gasteiger partial charge in [-0.2, -0.15) is 0 Å². The maximum absolute atomic E-state index is 10.6. The zero-order valence-corrected chi connectivity index (χ0v) is 24.1. The Morgan fingerprint density at radius 1 is 0.674 bits per heavy atom. The van der Waals surface area contributed by atoms with Crippen LogP contribution in [0.2, 0.25) is 0 Å². The minimum absolute atomic E-state index is 0.00320. The van der Waals surface area contributed by atoms with E-state index in [1.807, 2.05) is 72.8 Å². The largest absolute Gasteiger partial charge is 0.481 e. The van der Waals surface area contributed by atoms with Crippen molar-refractivity contribution in [3.63, 3.8) is 0 Å². The van der Waals surface area contributed by atoms with Crippen molar-refractivity contribution in [2.75, 3.05) is 0 Å². The number of carbonyl (C=O) groups is 3. The summed E-state index contributed by atoms with van der Waals surface area (Å²) < 4.78 is 5.02. The Morgan fingerprint density at radius 3 is 1.81 bits per heavy atom. The minimum Gasteiger partial charge on any atom is -0.481 e. The number of carboxylic acids is 3. The Balaban J connectivity index is 0.000000231. The van der Waals surface area contributed by atoms with Gasteiger partial charge >= 0.3 is 17.9 Å². The standard InChI is InChI=1S/C14H15NO2.C11H16N2O2.C8H10O3/c15-12(9-14(16)17)8-11-6-3-5-10-4-1-2-7-13(10)11;12-7-9-4-2-1-3-8(9)5-10(13)6-11(14)15;9-8(10)5-1-3-7-4-2-6-11-7/h1-7,12H,8-9,15H2,(H,16,17);1-4,10H,5-7,12-13H2,(H,14,15);2,4,6H,1,3,5H2,(H,9,10)/t12-;10-;/m00./s1. The summed E-state index contributed by atoms with van der Waals surface area (Å²) in [6.07, 6.45) is 4.29. The van der Waals surface area contributed by atoms with E-state index in [2.05, 4.69) is 0 Å². The van der Waals surface area contributed by atoms with Crippen LogP contribution in [0.3, 0.4) is 0 Å². The average Bonchev–Trinajstić information content (AvgIpc) is 3.47. The van der Waals surface area contributed by atoms with Crippen LogP contribution in [0.1, 0.15) is 48.1 Å². The molecule has 0 spiro atoms. The normalized spacial score (nSPS) is 11.8. The summed E-state index contributed by atoms with van der Waals surface area (Å²) >= 11 is 0. The number of hydrogen-bond acceptors (Lipinski definition) is 7. The highest BCUT2D eigenvalue weighted by atomic mass is 16.4. The fourth-order valence-corrected chi connectivity index (χ4v) is 4.45. The third-order valence-corrected chi connectivity index (χ3v) is 6.45. The molecule has 0 radical (unpaired) electrons.